The number of hydrogen-bond acceptors (Lipinski definition) is 3. The average molecular weight is 218 g/mol. The van der Waals surface area contributed by atoms with Gasteiger partial charge in [0.05, 0.1) is 11.1 Å². The number of nitrogens with one attached hydrogen (secondary N) is 1. The van der Waals surface area contributed by atoms with Crippen molar-refractivity contribution >= 4 is 22.5 Å². The maximum absolute atomic E-state index is 4.25. The lowest BCUT2D eigenvalue weighted by atomic mass is 10.2. The smallest absolute Gasteiger partial charge is 0.0977 e. The van der Waals surface area contributed by atoms with E-state index >= 15 is 0 Å². The number of aryl methyl sites for hydroxylation is 1. The number of aliphatic imine (C=N–C) groups is 1. The second-order valence-corrected chi connectivity index (χ2v) is 4.37. The van der Waals surface area contributed by atoms with Gasteiger partial charge in [-0.25, -0.2) is 0 Å². The van der Waals surface area contributed by atoms with Crippen LogP contribution in [-0.2, 0) is 0 Å². The fraction of sp³-hybridized carbons (Fsp3) is 0.250. The topological polar surface area (TPSA) is 24.4 Å². The van der Waals surface area contributed by atoms with Crippen LogP contribution in [0.1, 0.15) is 5.56 Å². The third-order valence-electron chi connectivity index (χ3n) is 2.40. The molecule has 0 radical (unpaired) electrons. The van der Waals surface area contributed by atoms with Crippen molar-refractivity contribution in [3.63, 3.8) is 0 Å². The lowest BCUT2D eigenvalue weighted by Gasteiger charge is -2.14. The van der Waals surface area contributed by atoms with Crippen molar-refractivity contribution in [2.45, 2.75) is 13.0 Å². The number of rotatable bonds is 2. The Morgan fingerprint density at radius 2 is 2.13 bits per heavy atom. The summed E-state index contributed by atoms with van der Waals surface area (Å²) in [5, 5.41) is 6.68. The maximum Gasteiger partial charge on any atom is 0.0977 e. The number of anilines is 1. The summed E-state index contributed by atoms with van der Waals surface area (Å²) >= 11 is 1.68. The van der Waals surface area contributed by atoms with Crippen LogP contribution in [0.25, 0.3) is 0 Å². The molecule has 2 nitrogen and oxygen atoms in total. The molecule has 3 heteroatoms. The van der Waals surface area contributed by atoms with Gasteiger partial charge in [-0.05, 0) is 30.0 Å². The normalized spacial score (nSPS) is 22.3. The minimum Gasteiger partial charge on any atom is -0.373 e. The molecule has 15 heavy (non-hydrogen) atoms. The van der Waals surface area contributed by atoms with Crippen LogP contribution in [0.5, 0.6) is 0 Å². The van der Waals surface area contributed by atoms with E-state index in [0.29, 0.717) is 0 Å². The molecule has 0 bridgehead atoms. The van der Waals surface area contributed by atoms with Gasteiger partial charge in [-0.15, -0.1) is 0 Å². The molecule has 0 saturated heterocycles. The van der Waals surface area contributed by atoms with E-state index in [1.54, 1.807) is 11.8 Å². The van der Waals surface area contributed by atoms with E-state index in [4.69, 9.17) is 0 Å². The van der Waals surface area contributed by atoms with Gasteiger partial charge < -0.3 is 5.32 Å². The van der Waals surface area contributed by atoms with Gasteiger partial charge in [0.15, 0.2) is 0 Å². The van der Waals surface area contributed by atoms with Crippen molar-refractivity contribution in [2.24, 2.45) is 4.99 Å². The maximum atomic E-state index is 4.25. The molecule has 0 aliphatic carbocycles. The monoisotopic (exact) mass is 218 g/mol. The van der Waals surface area contributed by atoms with E-state index in [1.807, 2.05) is 13.1 Å². The zero-order valence-electron chi connectivity index (χ0n) is 8.90. The molecule has 1 unspecified atom stereocenters. The van der Waals surface area contributed by atoms with Crippen molar-refractivity contribution in [1.82, 2.24) is 0 Å². The molecule has 1 N–H and O–H groups in total. The molecule has 0 fully saturated rings. The molecule has 1 aliphatic rings. The lowest BCUT2D eigenvalue weighted by Crippen LogP contribution is -2.22. The Kier molecular flexibility index (Phi) is 3.11. The van der Waals surface area contributed by atoms with E-state index in [0.717, 1.165) is 5.04 Å². The molecular formula is C12H14N2S. The molecule has 1 heterocycles. The molecule has 0 aromatic heterocycles. The quantitative estimate of drug-likeness (QED) is 0.825. The van der Waals surface area contributed by atoms with Gasteiger partial charge in [-0.1, -0.05) is 30.0 Å². The zero-order chi connectivity index (χ0) is 10.7. The van der Waals surface area contributed by atoms with Crippen molar-refractivity contribution in [2.75, 3.05) is 12.4 Å². The highest BCUT2D eigenvalue weighted by molar-refractivity contribution is 8.17. The van der Waals surface area contributed by atoms with E-state index < -0.39 is 0 Å². The molecule has 1 aromatic carbocycles. The highest BCUT2D eigenvalue weighted by atomic mass is 32.2. The van der Waals surface area contributed by atoms with Gasteiger partial charge >= 0.3 is 0 Å². The van der Waals surface area contributed by atoms with Crippen LogP contribution in [0.3, 0.4) is 0 Å². The van der Waals surface area contributed by atoms with Gasteiger partial charge in [0.25, 0.3) is 0 Å². The van der Waals surface area contributed by atoms with Crippen molar-refractivity contribution < 1.29 is 0 Å². The largest absolute Gasteiger partial charge is 0.373 e. The lowest BCUT2D eigenvalue weighted by molar-refractivity contribution is 1.17. The van der Waals surface area contributed by atoms with E-state index in [-0.39, 0.29) is 6.04 Å². The molecule has 1 aliphatic heterocycles. The first-order chi connectivity index (χ1) is 7.31. The summed E-state index contributed by atoms with van der Waals surface area (Å²) in [7, 11) is 1.84. The Hall–Kier alpha value is -1.22. The average Bonchev–Trinajstić information content (AvgIpc) is 2.69. The minimum absolute atomic E-state index is 0.237. The summed E-state index contributed by atoms with van der Waals surface area (Å²) in [5.74, 6) is 0. The predicted molar refractivity (Wildman–Crippen MR) is 68.7 cm³/mol. The van der Waals surface area contributed by atoms with Gasteiger partial charge in [0.2, 0.25) is 0 Å². The third kappa shape index (κ3) is 2.23. The van der Waals surface area contributed by atoms with Crippen LogP contribution in [0, 0.1) is 6.92 Å². The molecule has 1 atom stereocenters. The summed E-state index contributed by atoms with van der Waals surface area (Å²) < 4.78 is 0. The first-order valence-corrected chi connectivity index (χ1v) is 5.81. The number of benzene rings is 1. The van der Waals surface area contributed by atoms with Crippen LogP contribution in [0.4, 0.5) is 5.69 Å². The second-order valence-electron chi connectivity index (χ2n) is 3.45. The van der Waals surface area contributed by atoms with Crippen LogP contribution in [0.2, 0.25) is 0 Å². The first kappa shape index (κ1) is 10.3. The first-order valence-electron chi connectivity index (χ1n) is 4.93. The van der Waals surface area contributed by atoms with E-state index in [1.165, 1.54) is 11.3 Å². The Labute approximate surface area is 94.5 Å². The summed E-state index contributed by atoms with van der Waals surface area (Å²) in [4.78, 5) is 4.25. The molecule has 1 aromatic rings. The van der Waals surface area contributed by atoms with Crippen LogP contribution in [0.15, 0.2) is 40.7 Å². The van der Waals surface area contributed by atoms with Crippen molar-refractivity contribution in [1.29, 1.82) is 0 Å². The number of thioether (sulfide) groups is 1. The highest BCUT2D eigenvalue weighted by Crippen LogP contribution is 2.23. The van der Waals surface area contributed by atoms with Crippen LogP contribution in [-0.4, -0.2) is 18.1 Å². The Bertz CT molecular complexity index is 410. The molecular weight excluding hydrogens is 204 g/mol. The Morgan fingerprint density at radius 1 is 1.33 bits per heavy atom. The van der Waals surface area contributed by atoms with Crippen LogP contribution < -0.4 is 5.32 Å². The molecule has 0 spiro atoms. The van der Waals surface area contributed by atoms with Crippen molar-refractivity contribution in [3.8, 4) is 0 Å². The Morgan fingerprint density at radius 3 is 2.87 bits per heavy atom. The number of nitrogens with zero attached hydrogens (tertiary/aromatic N) is 1. The van der Waals surface area contributed by atoms with E-state index in [2.05, 4.69) is 46.9 Å². The molecule has 0 saturated carbocycles. The standard InChI is InChI=1S/C12H14N2S/c1-9-5-3-4-6-10(9)14-11-7-8-15-12(11)13-2/h3-8,11,14H,1-2H3. The Balaban J connectivity index is 2.16. The molecule has 0 amide bonds. The van der Waals surface area contributed by atoms with Crippen molar-refractivity contribution in [3.05, 3.63) is 41.3 Å². The van der Waals surface area contributed by atoms with Crippen LogP contribution >= 0.6 is 11.8 Å². The van der Waals surface area contributed by atoms with E-state index in [9.17, 15) is 0 Å². The summed E-state index contributed by atoms with van der Waals surface area (Å²) in [6.07, 6.45) is 2.14. The SMILES string of the molecule is CN=C1SC=CC1Nc1ccccc1C. The van der Waals surface area contributed by atoms with Gasteiger partial charge in [0, 0.05) is 12.7 Å². The molecule has 78 valence electrons. The zero-order valence-corrected chi connectivity index (χ0v) is 9.71. The summed E-state index contributed by atoms with van der Waals surface area (Å²) in [6, 6.07) is 8.54. The summed E-state index contributed by atoms with van der Waals surface area (Å²) in [6.45, 7) is 2.11. The minimum atomic E-state index is 0.237. The molecule has 2 rings (SSSR count). The fourth-order valence-corrected chi connectivity index (χ4v) is 2.31. The second kappa shape index (κ2) is 4.53. The fourth-order valence-electron chi connectivity index (χ4n) is 1.55. The highest BCUT2D eigenvalue weighted by Gasteiger charge is 2.17. The summed E-state index contributed by atoms with van der Waals surface area (Å²) in [5.41, 5.74) is 2.44. The van der Waals surface area contributed by atoms with Gasteiger partial charge in [0.1, 0.15) is 0 Å². The third-order valence-corrected chi connectivity index (χ3v) is 3.37. The number of para-hydroxylation sites is 1. The van der Waals surface area contributed by atoms with Gasteiger partial charge in [-0.2, -0.15) is 0 Å². The van der Waals surface area contributed by atoms with Gasteiger partial charge in [-0.3, -0.25) is 4.99 Å². The predicted octanol–water partition coefficient (Wildman–Crippen LogP) is 3.06. The number of hydrogen-bond donors (Lipinski definition) is 1.